The number of rotatable bonds is 9. The van der Waals surface area contributed by atoms with Crippen LogP contribution in [0.25, 0.3) is 11.4 Å². The van der Waals surface area contributed by atoms with Crippen molar-refractivity contribution in [2.45, 2.75) is 39.2 Å². The van der Waals surface area contributed by atoms with Crippen LogP contribution in [0.3, 0.4) is 0 Å². The first-order valence-corrected chi connectivity index (χ1v) is 8.18. The highest BCUT2D eigenvalue weighted by molar-refractivity contribution is 5.69. The minimum atomic E-state index is -0.128. The van der Waals surface area contributed by atoms with Gasteiger partial charge in [0.05, 0.1) is 6.61 Å². The summed E-state index contributed by atoms with van der Waals surface area (Å²) in [5, 5.41) is 0. The van der Waals surface area contributed by atoms with Gasteiger partial charge < -0.3 is 9.30 Å². The van der Waals surface area contributed by atoms with Gasteiger partial charge in [-0.15, -0.1) is 0 Å². The van der Waals surface area contributed by atoms with Crippen LogP contribution in [0.5, 0.6) is 0 Å². The highest BCUT2D eigenvalue weighted by Crippen LogP contribution is 2.17. The zero-order valence-corrected chi connectivity index (χ0v) is 13.6. The van der Waals surface area contributed by atoms with Crippen molar-refractivity contribution >= 4 is 5.97 Å². The topological polar surface area (TPSA) is 44.1 Å². The lowest BCUT2D eigenvalue weighted by Crippen LogP contribution is -2.07. The number of esters is 1. The molecule has 0 unspecified atom stereocenters. The van der Waals surface area contributed by atoms with Crippen LogP contribution < -0.4 is 0 Å². The molecule has 1 aromatic carbocycles. The summed E-state index contributed by atoms with van der Waals surface area (Å²) < 4.78 is 7.28. The number of benzene rings is 1. The highest BCUT2D eigenvalue weighted by Gasteiger charge is 2.07. The van der Waals surface area contributed by atoms with E-state index in [1.807, 2.05) is 42.6 Å². The molecule has 2 rings (SSSR count). The molecule has 0 atom stereocenters. The molecule has 0 N–H and O–H groups in total. The lowest BCUT2D eigenvalue weighted by atomic mass is 10.2. The molecule has 0 aliphatic heterocycles. The Bertz CT molecular complexity index is 617. The third kappa shape index (κ3) is 5.74. The lowest BCUT2D eigenvalue weighted by molar-refractivity contribution is -0.143. The van der Waals surface area contributed by atoms with Crippen LogP contribution in [-0.4, -0.2) is 22.1 Å². The second-order valence-corrected chi connectivity index (χ2v) is 5.30. The van der Waals surface area contributed by atoms with Crippen LogP contribution in [0.4, 0.5) is 0 Å². The van der Waals surface area contributed by atoms with Crippen LogP contribution in [0.15, 0.2) is 54.9 Å². The minimum Gasteiger partial charge on any atom is -0.465 e. The molecule has 0 radical (unpaired) electrons. The molecule has 0 saturated carbocycles. The number of nitrogens with zero attached hydrogens (tertiary/aromatic N) is 2. The molecule has 23 heavy (non-hydrogen) atoms. The van der Waals surface area contributed by atoms with Crippen molar-refractivity contribution in [3.05, 3.63) is 54.9 Å². The maximum Gasteiger partial charge on any atom is 0.305 e. The number of carbonyl (C=O) groups is 1. The first-order chi connectivity index (χ1) is 11.3. The summed E-state index contributed by atoms with van der Waals surface area (Å²) >= 11 is 0. The maximum atomic E-state index is 11.7. The quantitative estimate of drug-likeness (QED) is 0.395. The SMILES string of the molecule is CCC=CCCOC(=O)CCCn1ccnc1-c1ccccc1. The Labute approximate surface area is 137 Å². The van der Waals surface area contributed by atoms with E-state index in [0.717, 1.165) is 37.2 Å². The van der Waals surface area contributed by atoms with E-state index in [4.69, 9.17) is 4.74 Å². The van der Waals surface area contributed by atoms with Gasteiger partial charge in [-0.3, -0.25) is 4.79 Å². The van der Waals surface area contributed by atoms with Crippen molar-refractivity contribution in [3.8, 4) is 11.4 Å². The average Bonchev–Trinajstić information content (AvgIpc) is 3.04. The predicted molar refractivity (Wildman–Crippen MR) is 91.9 cm³/mol. The smallest absolute Gasteiger partial charge is 0.305 e. The third-order valence-electron chi connectivity index (χ3n) is 3.48. The molecule has 122 valence electrons. The fraction of sp³-hybridized carbons (Fsp3) is 0.368. The molecular formula is C19H24N2O2. The largest absolute Gasteiger partial charge is 0.465 e. The van der Waals surface area contributed by atoms with Crippen molar-refractivity contribution < 1.29 is 9.53 Å². The van der Waals surface area contributed by atoms with Gasteiger partial charge in [-0.25, -0.2) is 4.98 Å². The molecule has 0 aliphatic rings. The van der Waals surface area contributed by atoms with Crippen molar-refractivity contribution in [2.24, 2.45) is 0 Å². The monoisotopic (exact) mass is 312 g/mol. The van der Waals surface area contributed by atoms with Crippen LogP contribution in [0.2, 0.25) is 0 Å². The van der Waals surface area contributed by atoms with Gasteiger partial charge in [-0.2, -0.15) is 0 Å². The summed E-state index contributed by atoms with van der Waals surface area (Å²) in [6.45, 7) is 3.31. The second-order valence-electron chi connectivity index (χ2n) is 5.30. The summed E-state index contributed by atoms with van der Waals surface area (Å²) in [5.74, 6) is 0.806. The van der Waals surface area contributed by atoms with Gasteiger partial charge in [-0.05, 0) is 19.3 Å². The summed E-state index contributed by atoms with van der Waals surface area (Å²) in [7, 11) is 0. The number of carbonyl (C=O) groups excluding carboxylic acids is 1. The van der Waals surface area contributed by atoms with E-state index >= 15 is 0 Å². The zero-order chi connectivity index (χ0) is 16.3. The molecule has 0 bridgehead atoms. The van der Waals surface area contributed by atoms with E-state index < -0.39 is 0 Å². The molecule has 2 aromatic rings. The lowest BCUT2D eigenvalue weighted by Gasteiger charge is -2.08. The standard InChI is InChI=1S/C19H24N2O2/c1-2-3-4-8-16-23-18(22)12-9-14-21-15-13-20-19(21)17-10-6-5-7-11-17/h3-7,10-11,13,15H,2,8-9,12,14,16H2,1H3. The van der Waals surface area contributed by atoms with E-state index in [0.29, 0.717) is 13.0 Å². The Balaban J connectivity index is 1.74. The summed E-state index contributed by atoms with van der Waals surface area (Å²) in [6.07, 6.45) is 10.9. The molecule has 4 nitrogen and oxygen atoms in total. The number of aryl methyl sites for hydroxylation is 1. The summed E-state index contributed by atoms with van der Waals surface area (Å²) in [5.41, 5.74) is 1.09. The fourth-order valence-electron chi connectivity index (χ4n) is 2.33. The Morgan fingerprint density at radius 1 is 1.26 bits per heavy atom. The van der Waals surface area contributed by atoms with Gasteiger partial charge in [-0.1, -0.05) is 49.4 Å². The maximum absolute atomic E-state index is 11.7. The molecular weight excluding hydrogens is 288 g/mol. The minimum absolute atomic E-state index is 0.128. The van der Waals surface area contributed by atoms with E-state index in [1.54, 1.807) is 6.20 Å². The molecule has 0 fully saturated rings. The van der Waals surface area contributed by atoms with Crippen LogP contribution in [0, 0.1) is 0 Å². The Hall–Kier alpha value is -2.36. The molecule has 0 aliphatic carbocycles. The highest BCUT2D eigenvalue weighted by atomic mass is 16.5. The molecule has 0 spiro atoms. The van der Waals surface area contributed by atoms with Gasteiger partial charge >= 0.3 is 5.97 Å². The average molecular weight is 312 g/mol. The Morgan fingerprint density at radius 3 is 2.87 bits per heavy atom. The zero-order valence-electron chi connectivity index (χ0n) is 13.6. The van der Waals surface area contributed by atoms with Crippen LogP contribution in [-0.2, 0) is 16.1 Å². The van der Waals surface area contributed by atoms with E-state index in [1.165, 1.54) is 0 Å². The molecule has 4 heteroatoms. The van der Waals surface area contributed by atoms with Gasteiger partial charge in [0.25, 0.3) is 0 Å². The second kappa shape index (κ2) is 9.62. The van der Waals surface area contributed by atoms with Crippen LogP contribution in [0.1, 0.15) is 32.6 Å². The predicted octanol–water partition coefficient (Wildman–Crippen LogP) is 4.23. The Kier molecular flexibility index (Phi) is 7.11. The first-order valence-electron chi connectivity index (χ1n) is 8.18. The van der Waals surface area contributed by atoms with Crippen molar-refractivity contribution in [1.82, 2.24) is 9.55 Å². The number of imidazole rings is 1. The number of allylic oxidation sites excluding steroid dienone is 1. The number of ether oxygens (including phenoxy) is 1. The molecule has 0 amide bonds. The van der Waals surface area contributed by atoms with Gasteiger partial charge in [0, 0.05) is 30.9 Å². The first kappa shape index (κ1) is 17.0. The summed E-state index contributed by atoms with van der Waals surface area (Å²) in [4.78, 5) is 16.1. The number of hydrogen-bond donors (Lipinski definition) is 0. The van der Waals surface area contributed by atoms with Crippen molar-refractivity contribution in [3.63, 3.8) is 0 Å². The Morgan fingerprint density at radius 2 is 2.09 bits per heavy atom. The fourth-order valence-corrected chi connectivity index (χ4v) is 2.33. The number of hydrogen-bond acceptors (Lipinski definition) is 3. The van der Waals surface area contributed by atoms with Crippen molar-refractivity contribution in [1.29, 1.82) is 0 Å². The third-order valence-corrected chi connectivity index (χ3v) is 3.48. The molecule has 1 aromatic heterocycles. The van der Waals surface area contributed by atoms with Crippen LogP contribution >= 0.6 is 0 Å². The van der Waals surface area contributed by atoms with Gasteiger partial charge in [0.1, 0.15) is 5.82 Å². The van der Waals surface area contributed by atoms with Gasteiger partial charge in [0.2, 0.25) is 0 Å². The normalized spacial score (nSPS) is 11.0. The van der Waals surface area contributed by atoms with Gasteiger partial charge in [0.15, 0.2) is 0 Å². The molecule has 0 saturated heterocycles. The van der Waals surface area contributed by atoms with Crippen molar-refractivity contribution in [2.75, 3.05) is 6.61 Å². The summed E-state index contributed by atoms with van der Waals surface area (Å²) in [6, 6.07) is 10.1. The van der Waals surface area contributed by atoms with E-state index in [2.05, 4.69) is 22.6 Å². The van der Waals surface area contributed by atoms with E-state index in [9.17, 15) is 4.79 Å². The molecule has 1 heterocycles. The number of aromatic nitrogens is 2. The van der Waals surface area contributed by atoms with E-state index in [-0.39, 0.29) is 5.97 Å².